The zero-order valence-corrected chi connectivity index (χ0v) is 16.8. The summed E-state index contributed by atoms with van der Waals surface area (Å²) in [5.74, 6) is -2.15. The number of hydrogen-bond acceptors (Lipinski definition) is 0. The highest BCUT2D eigenvalue weighted by Crippen LogP contribution is 2.43. The molecule has 0 radical (unpaired) electrons. The van der Waals surface area contributed by atoms with Crippen molar-refractivity contribution >= 4 is 65.0 Å². The number of fused-ring (bicyclic) bond motifs is 2. The van der Waals surface area contributed by atoms with Gasteiger partial charge in [0.05, 0.1) is 10.2 Å². The van der Waals surface area contributed by atoms with Gasteiger partial charge in [-0.2, -0.15) is 0 Å². The van der Waals surface area contributed by atoms with Crippen LogP contribution < -0.4 is 0 Å². The van der Waals surface area contributed by atoms with Gasteiger partial charge < -0.3 is 17.6 Å². The van der Waals surface area contributed by atoms with Gasteiger partial charge in [0.25, 0.3) is 0 Å². The van der Waals surface area contributed by atoms with E-state index in [1.807, 2.05) is 0 Å². The Balaban J connectivity index is 2.15. The highest BCUT2D eigenvalue weighted by atomic mass is 79.9. The maximum Gasteiger partial charge on any atom is 0.738 e. The first-order valence-corrected chi connectivity index (χ1v) is 9.40. The molecule has 1 aromatic carbocycles. The number of nitrogens with zero attached hydrogens (tertiary/aromatic N) is 2. The normalized spacial score (nSPS) is 18.0. The topological polar surface area (TPSA) is 7.94 Å². The molecule has 3 heterocycles. The largest absolute Gasteiger partial charge is 0.738 e. The third-order valence-electron chi connectivity index (χ3n) is 4.13. The van der Waals surface area contributed by atoms with Crippen LogP contribution in [0.4, 0.5) is 17.4 Å². The van der Waals surface area contributed by atoms with Crippen LogP contribution in [0, 0.1) is 11.6 Å². The van der Waals surface area contributed by atoms with E-state index >= 15 is 8.63 Å². The van der Waals surface area contributed by atoms with Gasteiger partial charge in [0, 0.05) is 43.8 Å². The molecule has 0 amide bonds. The summed E-state index contributed by atoms with van der Waals surface area (Å²) in [6, 6.07) is 5.28. The summed E-state index contributed by atoms with van der Waals surface area (Å²) in [6.45, 7) is -4.20. The Hall–Kier alpha value is -1.13. The number of halogens is 7. The zero-order chi connectivity index (χ0) is 18.1. The first-order chi connectivity index (χ1) is 11.7. The highest BCUT2D eigenvalue weighted by Gasteiger charge is 2.54. The van der Waals surface area contributed by atoms with Gasteiger partial charge in [-0.1, -0.05) is 15.9 Å². The fourth-order valence-corrected chi connectivity index (χ4v) is 4.72. The first-order valence-electron chi connectivity index (χ1n) is 7.02. The minimum absolute atomic E-state index is 0.100. The van der Waals surface area contributed by atoms with E-state index < -0.39 is 18.6 Å². The van der Waals surface area contributed by atoms with Gasteiger partial charge in [-0.15, -0.1) is 0 Å². The SMILES string of the molecule is Fc1cc(Br)cc(C2=C3C=CC(Br)=[N+]3[B-](F)(F)n3c(Br)ccc32)c1F. The van der Waals surface area contributed by atoms with Crippen LogP contribution in [0.5, 0.6) is 0 Å². The summed E-state index contributed by atoms with van der Waals surface area (Å²) in [6.07, 6.45) is 2.91. The molecule has 1 aromatic heterocycles. The van der Waals surface area contributed by atoms with E-state index in [1.165, 1.54) is 30.4 Å². The van der Waals surface area contributed by atoms with Gasteiger partial charge in [0.1, 0.15) is 0 Å². The molecule has 0 bridgehead atoms. The quantitative estimate of drug-likeness (QED) is 0.251. The van der Waals surface area contributed by atoms with Gasteiger partial charge >= 0.3 is 6.97 Å². The van der Waals surface area contributed by atoms with Gasteiger partial charge in [-0.3, -0.25) is 0 Å². The van der Waals surface area contributed by atoms with Gasteiger partial charge in [-0.05, 0) is 40.2 Å². The Morgan fingerprint density at radius 1 is 1.00 bits per heavy atom. The fraction of sp³-hybridized carbons (Fsp3) is 0. The van der Waals surface area contributed by atoms with Crippen LogP contribution in [-0.4, -0.2) is 20.6 Å². The molecule has 2 aromatic rings. The van der Waals surface area contributed by atoms with E-state index in [0.29, 0.717) is 4.47 Å². The Morgan fingerprint density at radius 2 is 1.72 bits per heavy atom. The summed E-state index contributed by atoms with van der Waals surface area (Å²) in [4.78, 5) is 0. The van der Waals surface area contributed by atoms with Gasteiger partial charge in [-0.25, -0.2) is 8.78 Å². The summed E-state index contributed by atoms with van der Waals surface area (Å²) < 4.78 is 60.8. The van der Waals surface area contributed by atoms with Crippen molar-refractivity contribution in [3.8, 4) is 0 Å². The van der Waals surface area contributed by atoms with E-state index in [-0.39, 0.29) is 31.8 Å². The summed E-state index contributed by atoms with van der Waals surface area (Å²) >= 11 is 9.37. The predicted octanol–water partition coefficient (Wildman–Crippen LogP) is 5.66. The molecule has 0 saturated carbocycles. The summed E-state index contributed by atoms with van der Waals surface area (Å²) in [5.41, 5.74) is 0.288. The van der Waals surface area contributed by atoms with Crippen molar-refractivity contribution in [2.75, 3.05) is 0 Å². The smallest absolute Gasteiger partial charge is 0.389 e. The molecule has 2 nitrogen and oxygen atoms in total. The van der Waals surface area contributed by atoms with E-state index in [9.17, 15) is 8.78 Å². The molecule has 25 heavy (non-hydrogen) atoms. The Morgan fingerprint density at radius 3 is 2.44 bits per heavy atom. The van der Waals surface area contributed by atoms with E-state index in [0.717, 1.165) is 15.0 Å². The van der Waals surface area contributed by atoms with Gasteiger partial charge in [0.15, 0.2) is 17.3 Å². The molecule has 4 rings (SSSR count). The molecule has 0 N–H and O–H groups in total. The average Bonchev–Trinajstić information content (AvgIpc) is 3.09. The van der Waals surface area contributed by atoms with Crippen molar-refractivity contribution < 1.29 is 21.9 Å². The van der Waals surface area contributed by atoms with Crippen molar-refractivity contribution in [3.05, 3.63) is 74.1 Å². The van der Waals surface area contributed by atoms with Gasteiger partial charge in [0.2, 0.25) is 4.62 Å². The lowest BCUT2D eigenvalue weighted by Gasteiger charge is -2.32. The maximum absolute atomic E-state index is 15.1. The highest BCUT2D eigenvalue weighted by molar-refractivity contribution is 9.18. The lowest BCUT2D eigenvalue weighted by atomic mass is 9.86. The molecule has 2 aliphatic rings. The number of hydrogen-bond donors (Lipinski definition) is 0. The van der Waals surface area contributed by atoms with E-state index in [4.69, 9.17) is 0 Å². The van der Waals surface area contributed by atoms with Crippen LogP contribution in [0.1, 0.15) is 11.3 Å². The monoisotopic (exact) mass is 538 g/mol. The lowest BCUT2D eigenvalue weighted by Crippen LogP contribution is -2.50. The van der Waals surface area contributed by atoms with Crippen molar-refractivity contribution in [1.29, 1.82) is 0 Å². The van der Waals surface area contributed by atoms with E-state index in [2.05, 4.69) is 47.8 Å². The number of benzene rings is 1. The van der Waals surface area contributed by atoms with Crippen LogP contribution in [-0.2, 0) is 0 Å². The Labute approximate surface area is 165 Å². The average molecular weight is 541 g/mol. The van der Waals surface area contributed by atoms with Crippen molar-refractivity contribution in [1.82, 2.24) is 4.48 Å². The van der Waals surface area contributed by atoms with Crippen molar-refractivity contribution in [3.63, 3.8) is 0 Å². The standard InChI is InChI=1S/C15H6BBr3F4N2/c17-7-5-8(15(21)9(20)6-7)14-10-1-3-12(18)24(10)16(22,23)25-11(14)2-4-13(25)19/h1-6H. The lowest BCUT2D eigenvalue weighted by molar-refractivity contribution is -0.358. The molecule has 128 valence electrons. The van der Waals surface area contributed by atoms with Crippen LogP contribution in [0.25, 0.3) is 5.57 Å². The first kappa shape index (κ1) is 17.3. The Kier molecular flexibility index (Phi) is 3.93. The molecule has 2 aliphatic heterocycles. The minimum Gasteiger partial charge on any atom is -0.389 e. The second-order valence-corrected chi connectivity index (χ2v) is 8.08. The molecule has 0 aliphatic carbocycles. The molecule has 0 saturated heterocycles. The van der Waals surface area contributed by atoms with Crippen LogP contribution in [0.15, 0.2) is 51.2 Å². The third kappa shape index (κ3) is 2.37. The summed E-state index contributed by atoms with van der Waals surface area (Å²) in [7, 11) is 0. The molecule has 10 heteroatoms. The molecule has 0 spiro atoms. The molecule has 0 fully saturated rings. The van der Waals surface area contributed by atoms with Crippen LogP contribution in [0.2, 0.25) is 0 Å². The third-order valence-corrected chi connectivity index (χ3v) is 5.88. The maximum atomic E-state index is 15.1. The second kappa shape index (κ2) is 5.69. The number of aromatic nitrogens is 1. The number of allylic oxidation sites excluding steroid dienone is 2. The minimum atomic E-state index is -4.20. The summed E-state index contributed by atoms with van der Waals surface area (Å²) in [5, 5.41) is 0. The molecule has 0 unspecified atom stereocenters. The molecule has 0 atom stereocenters. The van der Waals surface area contributed by atoms with Crippen molar-refractivity contribution in [2.24, 2.45) is 0 Å². The molecular weight excluding hydrogens is 535 g/mol. The fourth-order valence-electron chi connectivity index (χ4n) is 3.15. The zero-order valence-electron chi connectivity index (χ0n) is 12.1. The Bertz CT molecular complexity index is 1040. The van der Waals surface area contributed by atoms with Crippen LogP contribution in [0.3, 0.4) is 0 Å². The number of rotatable bonds is 1. The molecular formula is C15H6BBr3F4N2. The second-order valence-electron chi connectivity index (χ2n) is 5.54. The van der Waals surface area contributed by atoms with E-state index in [1.54, 1.807) is 0 Å². The van der Waals surface area contributed by atoms with Crippen molar-refractivity contribution in [2.45, 2.75) is 0 Å². The predicted molar refractivity (Wildman–Crippen MR) is 98.9 cm³/mol. The van der Waals surface area contributed by atoms with Crippen LogP contribution >= 0.6 is 47.8 Å².